The third-order valence-electron chi connectivity index (χ3n) is 2.92. The average molecular weight is 242 g/mol. The molecule has 0 aliphatic rings. The van der Waals surface area contributed by atoms with E-state index in [9.17, 15) is 4.79 Å². The summed E-state index contributed by atoms with van der Waals surface area (Å²) >= 11 is 5.95. The van der Waals surface area contributed by atoms with Crippen LogP contribution in [0.1, 0.15) is 25.8 Å². The molecule has 0 aromatic carbocycles. The lowest BCUT2D eigenvalue weighted by Gasteiger charge is -2.25. The number of hydrogen-bond acceptors (Lipinski definition) is 3. The van der Waals surface area contributed by atoms with Gasteiger partial charge in [0.15, 0.2) is 5.78 Å². The van der Waals surface area contributed by atoms with Gasteiger partial charge in [0.25, 0.3) is 0 Å². The second kappa shape index (κ2) is 5.41. The third-order valence-corrected chi connectivity index (χ3v) is 3.26. The fraction of sp³-hybridized carbons (Fsp3) is 0.500. The fourth-order valence-electron chi connectivity index (χ4n) is 1.36. The molecule has 0 saturated carbocycles. The number of Topliss-reactive ketones (excluding diaryl/α,β-unsaturated/α-hetero) is 1. The van der Waals surface area contributed by atoms with Crippen molar-refractivity contribution in [2.24, 2.45) is 0 Å². The van der Waals surface area contributed by atoms with E-state index in [2.05, 4.69) is 4.98 Å². The van der Waals surface area contributed by atoms with Crippen LogP contribution in [0.25, 0.3) is 0 Å². The molecule has 0 fully saturated rings. The molecule has 0 saturated heterocycles. The van der Waals surface area contributed by atoms with Crippen molar-refractivity contribution in [1.29, 1.82) is 0 Å². The van der Waals surface area contributed by atoms with Crippen LogP contribution >= 0.6 is 11.6 Å². The van der Waals surface area contributed by atoms with Crippen LogP contribution in [0.3, 0.4) is 0 Å². The molecule has 0 spiro atoms. The molecule has 88 valence electrons. The minimum Gasteiger partial charge on any atom is -0.371 e. The number of pyridine rings is 1. The van der Waals surface area contributed by atoms with E-state index in [4.69, 9.17) is 16.3 Å². The summed E-state index contributed by atoms with van der Waals surface area (Å²) in [5.74, 6) is 0.0330. The minimum absolute atomic E-state index is 0.0330. The third kappa shape index (κ3) is 2.80. The van der Waals surface area contributed by atoms with Crippen LogP contribution in [-0.2, 0) is 16.0 Å². The van der Waals surface area contributed by atoms with Gasteiger partial charge in [-0.25, -0.2) is 0 Å². The molecule has 1 rings (SSSR count). The number of carbonyl (C=O) groups is 1. The van der Waals surface area contributed by atoms with E-state index in [-0.39, 0.29) is 12.2 Å². The molecule has 0 amide bonds. The summed E-state index contributed by atoms with van der Waals surface area (Å²) in [5.41, 5.74) is 0.0606. The molecule has 1 heterocycles. The van der Waals surface area contributed by atoms with E-state index < -0.39 is 5.60 Å². The van der Waals surface area contributed by atoms with Gasteiger partial charge in [-0.05, 0) is 25.0 Å². The number of carbonyl (C=O) groups excluding carboxylic acids is 1. The summed E-state index contributed by atoms with van der Waals surface area (Å²) in [6.07, 6.45) is 4.09. The number of halogens is 1. The van der Waals surface area contributed by atoms with Gasteiger partial charge < -0.3 is 4.74 Å². The van der Waals surface area contributed by atoms with Crippen LogP contribution < -0.4 is 0 Å². The van der Waals surface area contributed by atoms with E-state index in [1.54, 1.807) is 32.5 Å². The number of hydrogen-bond donors (Lipinski definition) is 0. The van der Waals surface area contributed by atoms with E-state index in [1.165, 1.54) is 0 Å². The molecule has 16 heavy (non-hydrogen) atoms. The largest absolute Gasteiger partial charge is 0.371 e. The number of methoxy groups -OCH3 is 1. The predicted molar refractivity (Wildman–Crippen MR) is 63.7 cm³/mol. The highest BCUT2D eigenvalue weighted by Crippen LogP contribution is 2.21. The summed E-state index contributed by atoms with van der Waals surface area (Å²) in [5, 5.41) is 0.519. The smallest absolute Gasteiger partial charge is 0.168 e. The Morgan fingerprint density at radius 3 is 2.81 bits per heavy atom. The van der Waals surface area contributed by atoms with Crippen molar-refractivity contribution < 1.29 is 9.53 Å². The molecular weight excluding hydrogens is 226 g/mol. The van der Waals surface area contributed by atoms with Crippen LogP contribution in [0.4, 0.5) is 0 Å². The average Bonchev–Trinajstić information content (AvgIpc) is 2.31. The first-order valence-electron chi connectivity index (χ1n) is 5.20. The number of nitrogens with zero attached hydrogens (tertiary/aromatic N) is 1. The van der Waals surface area contributed by atoms with Crippen molar-refractivity contribution in [3.8, 4) is 0 Å². The first kappa shape index (κ1) is 13.1. The number of aromatic nitrogens is 1. The lowest BCUT2D eigenvalue weighted by atomic mass is 9.93. The Morgan fingerprint density at radius 2 is 2.31 bits per heavy atom. The monoisotopic (exact) mass is 241 g/mol. The Kier molecular flexibility index (Phi) is 4.44. The zero-order valence-electron chi connectivity index (χ0n) is 9.79. The molecule has 0 aliphatic heterocycles. The molecule has 1 unspecified atom stereocenters. The van der Waals surface area contributed by atoms with Gasteiger partial charge in [0.1, 0.15) is 5.60 Å². The summed E-state index contributed by atoms with van der Waals surface area (Å²) in [6, 6.07) is 1.76. The Labute approximate surface area is 101 Å². The minimum atomic E-state index is -0.730. The summed E-state index contributed by atoms with van der Waals surface area (Å²) < 4.78 is 5.25. The molecule has 0 aliphatic carbocycles. The van der Waals surface area contributed by atoms with E-state index in [1.807, 2.05) is 6.92 Å². The van der Waals surface area contributed by atoms with Crippen molar-refractivity contribution in [3.05, 3.63) is 29.0 Å². The molecule has 1 aromatic heterocycles. The van der Waals surface area contributed by atoms with E-state index in [0.29, 0.717) is 11.4 Å². The van der Waals surface area contributed by atoms with Crippen LogP contribution in [0.5, 0.6) is 0 Å². The normalized spacial score (nSPS) is 14.5. The second-order valence-electron chi connectivity index (χ2n) is 3.86. The molecular formula is C12H16ClNO2. The topological polar surface area (TPSA) is 39.2 Å². The zero-order valence-corrected chi connectivity index (χ0v) is 10.5. The molecule has 1 aromatic rings. The SMILES string of the molecule is CCC(C)(OC)C(=O)Cc1ccncc1Cl. The second-order valence-corrected chi connectivity index (χ2v) is 4.26. The maximum Gasteiger partial charge on any atom is 0.168 e. The molecule has 1 atom stereocenters. The first-order valence-corrected chi connectivity index (χ1v) is 5.58. The van der Waals surface area contributed by atoms with Crippen LogP contribution in [0.2, 0.25) is 5.02 Å². The van der Waals surface area contributed by atoms with Crippen molar-refractivity contribution >= 4 is 17.4 Å². The van der Waals surface area contributed by atoms with Crippen LogP contribution in [0, 0.1) is 0 Å². The van der Waals surface area contributed by atoms with Gasteiger partial charge in [0.2, 0.25) is 0 Å². The quantitative estimate of drug-likeness (QED) is 0.796. The molecule has 3 nitrogen and oxygen atoms in total. The lowest BCUT2D eigenvalue weighted by Crippen LogP contribution is -2.37. The van der Waals surface area contributed by atoms with Gasteiger partial charge in [-0.3, -0.25) is 9.78 Å². The Balaban J connectivity index is 2.83. The highest BCUT2D eigenvalue weighted by Gasteiger charge is 2.30. The maximum atomic E-state index is 12.0. The van der Waals surface area contributed by atoms with Gasteiger partial charge in [0, 0.05) is 25.9 Å². The van der Waals surface area contributed by atoms with Gasteiger partial charge in [-0.1, -0.05) is 18.5 Å². The standard InChI is InChI=1S/C12H16ClNO2/c1-4-12(2,16-3)11(15)7-9-5-6-14-8-10(9)13/h5-6,8H,4,7H2,1-3H3. The number of ketones is 1. The molecule has 4 heteroatoms. The summed E-state index contributed by atoms with van der Waals surface area (Å²) in [6.45, 7) is 3.72. The van der Waals surface area contributed by atoms with Crippen LogP contribution in [0.15, 0.2) is 18.5 Å². The summed E-state index contributed by atoms with van der Waals surface area (Å²) in [4.78, 5) is 15.9. The van der Waals surface area contributed by atoms with Gasteiger partial charge in [-0.15, -0.1) is 0 Å². The van der Waals surface area contributed by atoms with Gasteiger partial charge >= 0.3 is 0 Å². The molecule has 0 radical (unpaired) electrons. The zero-order chi connectivity index (χ0) is 12.2. The lowest BCUT2D eigenvalue weighted by molar-refractivity contribution is -0.138. The Morgan fingerprint density at radius 1 is 1.62 bits per heavy atom. The fourth-order valence-corrected chi connectivity index (χ4v) is 1.55. The predicted octanol–water partition coefficient (Wildman–Crippen LogP) is 2.66. The first-order chi connectivity index (χ1) is 7.53. The van der Waals surface area contributed by atoms with E-state index >= 15 is 0 Å². The molecule has 0 N–H and O–H groups in total. The Hall–Kier alpha value is -0.930. The van der Waals surface area contributed by atoms with Crippen molar-refractivity contribution in [3.63, 3.8) is 0 Å². The van der Waals surface area contributed by atoms with Gasteiger partial charge in [0.05, 0.1) is 5.02 Å². The maximum absolute atomic E-state index is 12.0. The highest BCUT2D eigenvalue weighted by molar-refractivity contribution is 6.31. The van der Waals surface area contributed by atoms with Crippen molar-refractivity contribution in [2.45, 2.75) is 32.3 Å². The number of rotatable bonds is 5. The Bertz CT molecular complexity index is 375. The van der Waals surface area contributed by atoms with Gasteiger partial charge in [-0.2, -0.15) is 0 Å². The molecule has 0 bridgehead atoms. The van der Waals surface area contributed by atoms with Crippen molar-refractivity contribution in [2.75, 3.05) is 7.11 Å². The summed E-state index contributed by atoms with van der Waals surface area (Å²) in [7, 11) is 1.55. The number of ether oxygens (including phenoxy) is 1. The highest BCUT2D eigenvalue weighted by atomic mass is 35.5. The van der Waals surface area contributed by atoms with Crippen molar-refractivity contribution in [1.82, 2.24) is 4.98 Å². The van der Waals surface area contributed by atoms with E-state index in [0.717, 1.165) is 5.56 Å². The van der Waals surface area contributed by atoms with Crippen LogP contribution in [-0.4, -0.2) is 23.5 Å².